The molecule has 2 atom stereocenters. The molecule has 0 aliphatic carbocycles. The second kappa shape index (κ2) is 11.6. The van der Waals surface area contributed by atoms with Crippen LogP contribution in [-0.4, -0.2) is 71.9 Å². The average Bonchev–Trinajstić information content (AvgIpc) is 3.13. The second-order valence-corrected chi connectivity index (χ2v) is 11.0. The maximum atomic E-state index is 13.8. The molecule has 2 heterocycles. The molecular weight excluding hydrogens is 522 g/mol. The van der Waals surface area contributed by atoms with Gasteiger partial charge in [-0.2, -0.15) is 5.10 Å². The molecule has 214 valence electrons. The van der Waals surface area contributed by atoms with E-state index in [1.54, 1.807) is 32.7 Å². The number of rotatable bonds is 8. The largest absolute Gasteiger partial charge is 0.493 e. The van der Waals surface area contributed by atoms with E-state index in [-0.39, 0.29) is 31.2 Å². The van der Waals surface area contributed by atoms with Gasteiger partial charge in [-0.15, -0.1) is 0 Å². The number of halogens is 2. The van der Waals surface area contributed by atoms with Gasteiger partial charge in [0, 0.05) is 39.0 Å². The summed E-state index contributed by atoms with van der Waals surface area (Å²) in [6, 6.07) is 11.6. The lowest BCUT2D eigenvalue weighted by molar-refractivity contribution is -0.141. The zero-order valence-electron chi connectivity index (χ0n) is 23.1. The van der Waals surface area contributed by atoms with E-state index < -0.39 is 40.7 Å². The summed E-state index contributed by atoms with van der Waals surface area (Å²) in [6.07, 6.45) is 0.0181. The summed E-state index contributed by atoms with van der Waals surface area (Å²) in [6.45, 7) is 5.45. The van der Waals surface area contributed by atoms with E-state index in [2.05, 4.69) is 10.4 Å². The predicted molar refractivity (Wildman–Crippen MR) is 144 cm³/mol. The molecule has 1 fully saturated rings. The van der Waals surface area contributed by atoms with Crippen molar-refractivity contribution < 1.29 is 32.6 Å². The first-order chi connectivity index (χ1) is 18.9. The fourth-order valence-electron chi connectivity index (χ4n) is 5.00. The zero-order valence-corrected chi connectivity index (χ0v) is 23.1. The highest BCUT2D eigenvalue weighted by atomic mass is 19.2. The summed E-state index contributed by atoms with van der Waals surface area (Å²) in [5, 5.41) is 8.44. The number of alkyl carbamates (subject to hydrolysis) is 1. The third kappa shape index (κ3) is 6.57. The van der Waals surface area contributed by atoms with Crippen molar-refractivity contribution in [3.8, 4) is 5.75 Å². The van der Waals surface area contributed by atoms with Crippen molar-refractivity contribution in [3.05, 3.63) is 65.7 Å². The van der Waals surface area contributed by atoms with Crippen molar-refractivity contribution in [1.82, 2.24) is 15.2 Å². The van der Waals surface area contributed by atoms with Crippen LogP contribution in [0.25, 0.3) is 0 Å². The first kappa shape index (κ1) is 29.0. The Kier molecular flexibility index (Phi) is 8.41. The topological polar surface area (TPSA) is 101 Å². The minimum absolute atomic E-state index is 0.0219. The van der Waals surface area contributed by atoms with Crippen LogP contribution in [0.2, 0.25) is 0 Å². The van der Waals surface area contributed by atoms with E-state index in [9.17, 15) is 23.2 Å². The minimum atomic E-state index is -1.06. The first-order valence-electron chi connectivity index (χ1n) is 13.1. The second-order valence-electron chi connectivity index (χ2n) is 11.0. The Bertz CT molecular complexity index is 1300. The molecule has 2 aromatic rings. The quantitative estimate of drug-likeness (QED) is 0.532. The smallest absolute Gasteiger partial charge is 0.408 e. The van der Waals surface area contributed by atoms with Crippen molar-refractivity contribution in [2.75, 3.05) is 26.7 Å². The molecule has 0 aromatic heterocycles. The molecular formula is C29H34F2N4O5. The highest BCUT2D eigenvalue weighted by molar-refractivity contribution is 6.13. The van der Waals surface area contributed by atoms with E-state index in [1.807, 2.05) is 30.3 Å². The van der Waals surface area contributed by atoms with Crippen molar-refractivity contribution in [2.45, 2.75) is 51.7 Å². The van der Waals surface area contributed by atoms with Gasteiger partial charge in [0.2, 0.25) is 5.91 Å². The molecule has 4 rings (SSSR count). The molecule has 3 amide bonds. The summed E-state index contributed by atoms with van der Waals surface area (Å²) in [5.74, 6) is -2.58. The number of fused-ring (bicyclic) bond motifs is 1. The van der Waals surface area contributed by atoms with Gasteiger partial charge in [0.25, 0.3) is 5.91 Å². The maximum Gasteiger partial charge on any atom is 0.408 e. The van der Waals surface area contributed by atoms with Crippen LogP contribution >= 0.6 is 0 Å². The molecule has 0 spiro atoms. The molecule has 0 bridgehead atoms. The number of amides is 3. The average molecular weight is 557 g/mol. The lowest BCUT2D eigenvalue weighted by Crippen LogP contribution is -2.59. The Morgan fingerprint density at radius 3 is 2.52 bits per heavy atom. The van der Waals surface area contributed by atoms with E-state index in [1.165, 1.54) is 11.1 Å². The Labute approximate surface area is 232 Å². The lowest BCUT2D eigenvalue weighted by Gasteiger charge is -2.40. The van der Waals surface area contributed by atoms with Crippen molar-refractivity contribution >= 4 is 23.6 Å². The number of likely N-dealkylation sites (tertiary alicyclic amines) is 1. The fourth-order valence-corrected chi connectivity index (χ4v) is 5.00. The SMILES string of the molecule is CN1N=C2CCN(C(=O)[C@@H](CCOc3ccc(F)c(F)c3)NC(=O)OC(C)(C)C)C[C@@]2(Cc2ccccc2)C1=O. The van der Waals surface area contributed by atoms with Gasteiger partial charge in [-0.25, -0.2) is 18.6 Å². The summed E-state index contributed by atoms with van der Waals surface area (Å²) in [4.78, 5) is 41.5. The Morgan fingerprint density at radius 1 is 1.12 bits per heavy atom. The number of hydrogen-bond acceptors (Lipinski definition) is 6. The monoisotopic (exact) mass is 556 g/mol. The molecule has 0 unspecified atom stereocenters. The zero-order chi connectivity index (χ0) is 29.1. The number of benzene rings is 2. The molecule has 1 saturated heterocycles. The molecule has 40 heavy (non-hydrogen) atoms. The summed E-state index contributed by atoms with van der Waals surface area (Å²) in [7, 11) is 1.61. The van der Waals surface area contributed by atoms with E-state index >= 15 is 0 Å². The van der Waals surface area contributed by atoms with Crippen LogP contribution in [0.15, 0.2) is 53.6 Å². The van der Waals surface area contributed by atoms with Crippen LogP contribution in [-0.2, 0) is 20.7 Å². The van der Waals surface area contributed by atoms with Gasteiger partial charge in [0.1, 0.15) is 22.8 Å². The number of nitrogens with zero attached hydrogens (tertiary/aromatic N) is 3. The highest BCUT2D eigenvalue weighted by Crippen LogP contribution is 2.38. The number of carbonyl (C=O) groups excluding carboxylic acids is 3. The van der Waals surface area contributed by atoms with Crippen LogP contribution < -0.4 is 10.1 Å². The summed E-state index contributed by atoms with van der Waals surface area (Å²) >= 11 is 0. The Balaban J connectivity index is 1.53. The van der Waals surface area contributed by atoms with Crippen molar-refractivity contribution in [2.24, 2.45) is 10.5 Å². The van der Waals surface area contributed by atoms with Crippen LogP contribution in [0.5, 0.6) is 5.75 Å². The molecule has 0 saturated carbocycles. The number of hydrogen-bond donors (Lipinski definition) is 1. The van der Waals surface area contributed by atoms with Gasteiger partial charge in [-0.1, -0.05) is 30.3 Å². The van der Waals surface area contributed by atoms with Gasteiger partial charge in [-0.3, -0.25) is 9.59 Å². The maximum absolute atomic E-state index is 13.8. The molecule has 0 radical (unpaired) electrons. The third-order valence-corrected chi connectivity index (χ3v) is 6.82. The first-order valence-corrected chi connectivity index (χ1v) is 13.1. The van der Waals surface area contributed by atoms with Crippen LogP contribution in [0.4, 0.5) is 13.6 Å². The fraction of sp³-hybridized carbons (Fsp3) is 0.448. The summed E-state index contributed by atoms with van der Waals surface area (Å²) in [5.41, 5.74) is -0.137. The van der Waals surface area contributed by atoms with Crippen molar-refractivity contribution in [3.63, 3.8) is 0 Å². The number of nitrogens with one attached hydrogen (secondary N) is 1. The normalized spacial score (nSPS) is 19.6. The minimum Gasteiger partial charge on any atom is -0.493 e. The Morgan fingerprint density at radius 2 is 1.85 bits per heavy atom. The number of carbonyl (C=O) groups is 3. The molecule has 2 aliphatic heterocycles. The van der Waals surface area contributed by atoms with E-state index in [0.29, 0.717) is 19.4 Å². The predicted octanol–water partition coefficient (Wildman–Crippen LogP) is 3.92. The highest BCUT2D eigenvalue weighted by Gasteiger charge is 2.53. The molecule has 11 heteroatoms. The lowest BCUT2D eigenvalue weighted by atomic mass is 9.73. The summed E-state index contributed by atoms with van der Waals surface area (Å²) < 4.78 is 37.8. The van der Waals surface area contributed by atoms with Gasteiger partial charge in [-0.05, 0) is 44.9 Å². The molecule has 2 aromatic carbocycles. The van der Waals surface area contributed by atoms with Crippen LogP contribution in [0, 0.1) is 17.0 Å². The van der Waals surface area contributed by atoms with Crippen molar-refractivity contribution in [1.29, 1.82) is 0 Å². The van der Waals surface area contributed by atoms with Gasteiger partial charge >= 0.3 is 6.09 Å². The van der Waals surface area contributed by atoms with Crippen LogP contribution in [0.1, 0.15) is 39.2 Å². The van der Waals surface area contributed by atoms with E-state index in [0.717, 1.165) is 23.4 Å². The third-order valence-electron chi connectivity index (χ3n) is 6.82. The Hall–Kier alpha value is -4.02. The molecule has 1 N–H and O–H groups in total. The van der Waals surface area contributed by atoms with Crippen LogP contribution in [0.3, 0.4) is 0 Å². The number of ether oxygens (including phenoxy) is 2. The number of piperidine rings is 1. The van der Waals surface area contributed by atoms with Gasteiger partial charge < -0.3 is 19.7 Å². The van der Waals surface area contributed by atoms with Gasteiger partial charge in [0.15, 0.2) is 11.6 Å². The standard InChI is InChI=1S/C29H34F2N4O5/c1-28(2,3)40-27(38)32-23(13-15-39-20-10-11-21(30)22(31)16-20)25(36)35-14-12-24-29(18-35,26(37)34(4)33-24)17-19-8-6-5-7-9-19/h5-11,16,23H,12-15,17-18H2,1-4H3,(H,32,38)/t23-,29-/m1/s1. The molecule has 2 aliphatic rings. The number of hydrazone groups is 1. The van der Waals surface area contributed by atoms with Gasteiger partial charge in [0.05, 0.1) is 12.3 Å². The molecule has 9 nitrogen and oxygen atoms in total. The van der Waals surface area contributed by atoms with E-state index in [4.69, 9.17) is 9.47 Å².